The molecule has 3 rings (SSSR count). The monoisotopic (exact) mass is 379 g/mol. The number of benzene rings is 2. The van der Waals surface area contributed by atoms with Crippen molar-refractivity contribution in [3.05, 3.63) is 59.7 Å². The Bertz CT molecular complexity index is 847. The lowest BCUT2D eigenvalue weighted by atomic mass is 10.1. The molecular weight excluding hydrogens is 363 g/mol. The number of halogens is 3. The molecule has 0 bridgehead atoms. The summed E-state index contributed by atoms with van der Waals surface area (Å²) in [6, 6.07) is 10.6. The topological polar surface area (TPSA) is 67.8 Å². The van der Waals surface area contributed by atoms with Gasteiger partial charge in [0.25, 0.3) is 5.91 Å². The molecule has 0 fully saturated rings. The summed E-state index contributed by atoms with van der Waals surface area (Å²) in [6.07, 6.45) is -3.74. The van der Waals surface area contributed by atoms with Crippen LogP contribution >= 0.6 is 0 Å². The molecule has 1 atom stereocenters. The number of carbonyl (C=O) groups excluding carboxylic acids is 1. The number of amides is 1. The van der Waals surface area contributed by atoms with E-state index in [0.29, 0.717) is 28.3 Å². The minimum atomic E-state index is -4.38. The molecule has 142 valence electrons. The van der Waals surface area contributed by atoms with Gasteiger partial charge in [0, 0.05) is 23.4 Å². The van der Waals surface area contributed by atoms with Gasteiger partial charge in [-0.15, -0.1) is 0 Å². The Hall–Kier alpha value is -3.00. The lowest BCUT2D eigenvalue weighted by Gasteiger charge is -2.25. The number of hydrogen-bond acceptors (Lipinski definition) is 4. The standard InChI is InChI=1S/C19H16F3NO4/c20-19(21,22)8-7-12-1-3-13(4-2-12)18(25)23-14-5-6-16-17(9-14)26-11-15(10-24)27-16/h1-9,15,24H,10-11H2,(H,23,25)/b8-7+/t15-/m1/s1. The van der Waals surface area contributed by atoms with Crippen LogP contribution in [-0.2, 0) is 0 Å². The van der Waals surface area contributed by atoms with E-state index in [0.717, 1.165) is 6.08 Å². The maximum absolute atomic E-state index is 12.3. The molecule has 8 heteroatoms. The molecule has 0 unspecified atom stereocenters. The van der Waals surface area contributed by atoms with Crippen LogP contribution in [0.2, 0.25) is 0 Å². The Balaban J connectivity index is 1.66. The number of fused-ring (bicyclic) bond motifs is 1. The molecule has 1 heterocycles. The first-order valence-electron chi connectivity index (χ1n) is 8.06. The lowest BCUT2D eigenvalue weighted by Crippen LogP contribution is -2.32. The van der Waals surface area contributed by atoms with Crippen LogP contribution in [0.1, 0.15) is 15.9 Å². The SMILES string of the molecule is O=C(Nc1ccc2c(c1)OC[C@@H](CO)O2)c1ccc(/C=C/C(F)(F)F)cc1. The van der Waals surface area contributed by atoms with Crippen molar-refractivity contribution < 1.29 is 32.5 Å². The molecule has 1 aliphatic rings. The molecule has 5 nitrogen and oxygen atoms in total. The highest BCUT2D eigenvalue weighted by atomic mass is 19.4. The van der Waals surface area contributed by atoms with Crippen molar-refractivity contribution >= 4 is 17.7 Å². The predicted octanol–water partition coefficient (Wildman–Crippen LogP) is 3.65. The van der Waals surface area contributed by atoms with E-state index in [-0.39, 0.29) is 19.3 Å². The summed E-state index contributed by atoms with van der Waals surface area (Å²) in [6.45, 7) is 0.0416. The Labute approximate surface area is 153 Å². The summed E-state index contributed by atoms with van der Waals surface area (Å²) in [5.74, 6) is 0.510. The molecule has 2 N–H and O–H groups in total. The Kier molecular flexibility index (Phi) is 5.36. The fourth-order valence-electron chi connectivity index (χ4n) is 2.42. The molecule has 0 saturated heterocycles. The number of rotatable bonds is 4. The number of carbonyl (C=O) groups is 1. The lowest BCUT2D eigenvalue weighted by molar-refractivity contribution is -0.0790. The summed E-state index contributed by atoms with van der Waals surface area (Å²) >= 11 is 0. The van der Waals surface area contributed by atoms with Crippen LogP contribution in [0.4, 0.5) is 18.9 Å². The molecular formula is C19H16F3NO4. The molecule has 2 aromatic rings. The highest BCUT2D eigenvalue weighted by Crippen LogP contribution is 2.34. The zero-order valence-electron chi connectivity index (χ0n) is 14.0. The van der Waals surface area contributed by atoms with Crippen molar-refractivity contribution in [2.75, 3.05) is 18.5 Å². The number of alkyl halides is 3. The molecule has 2 aromatic carbocycles. The zero-order valence-corrected chi connectivity index (χ0v) is 14.0. The average Bonchev–Trinajstić information content (AvgIpc) is 2.65. The molecule has 1 aliphatic heterocycles. The van der Waals surface area contributed by atoms with Gasteiger partial charge >= 0.3 is 6.18 Å². The van der Waals surface area contributed by atoms with Crippen LogP contribution in [0.5, 0.6) is 11.5 Å². The Morgan fingerprint density at radius 2 is 1.93 bits per heavy atom. The number of anilines is 1. The van der Waals surface area contributed by atoms with E-state index in [1.54, 1.807) is 18.2 Å². The fourth-order valence-corrected chi connectivity index (χ4v) is 2.42. The van der Waals surface area contributed by atoms with E-state index in [4.69, 9.17) is 14.6 Å². The van der Waals surface area contributed by atoms with Crippen LogP contribution in [0, 0.1) is 0 Å². The van der Waals surface area contributed by atoms with Crippen LogP contribution in [0.15, 0.2) is 48.5 Å². The third-order valence-corrected chi connectivity index (χ3v) is 3.76. The zero-order chi connectivity index (χ0) is 19.4. The number of ether oxygens (including phenoxy) is 2. The summed E-state index contributed by atoms with van der Waals surface area (Å²) in [7, 11) is 0. The molecule has 27 heavy (non-hydrogen) atoms. The third kappa shape index (κ3) is 5.01. The van der Waals surface area contributed by atoms with Gasteiger partial charge in [0.05, 0.1) is 6.61 Å². The second-order valence-electron chi connectivity index (χ2n) is 5.85. The molecule has 1 amide bonds. The van der Waals surface area contributed by atoms with Gasteiger partial charge in [-0.1, -0.05) is 18.2 Å². The van der Waals surface area contributed by atoms with Crippen molar-refractivity contribution in [3.63, 3.8) is 0 Å². The minimum Gasteiger partial charge on any atom is -0.486 e. The van der Waals surface area contributed by atoms with Crippen molar-refractivity contribution in [2.45, 2.75) is 12.3 Å². The van der Waals surface area contributed by atoms with Gasteiger partial charge in [-0.3, -0.25) is 4.79 Å². The van der Waals surface area contributed by atoms with E-state index in [1.165, 1.54) is 24.3 Å². The number of nitrogens with one attached hydrogen (secondary N) is 1. The van der Waals surface area contributed by atoms with Crippen LogP contribution in [0.25, 0.3) is 6.08 Å². The second kappa shape index (κ2) is 7.71. The van der Waals surface area contributed by atoms with Crippen LogP contribution in [0.3, 0.4) is 0 Å². The number of aliphatic hydroxyl groups excluding tert-OH is 1. The van der Waals surface area contributed by atoms with Gasteiger partial charge in [-0.25, -0.2) is 0 Å². The van der Waals surface area contributed by atoms with Crippen LogP contribution in [-0.4, -0.2) is 36.5 Å². The number of allylic oxidation sites excluding steroid dienone is 1. The van der Waals surface area contributed by atoms with Gasteiger partial charge < -0.3 is 19.9 Å². The average molecular weight is 379 g/mol. The van der Waals surface area contributed by atoms with E-state index < -0.39 is 18.2 Å². The third-order valence-electron chi connectivity index (χ3n) is 3.76. The summed E-state index contributed by atoms with van der Waals surface area (Å²) in [5, 5.41) is 11.8. The van der Waals surface area contributed by atoms with Crippen molar-refractivity contribution in [3.8, 4) is 11.5 Å². The first kappa shape index (κ1) is 18.8. The molecule has 0 radical (unpaired) electrons. The number of aliphatic hydroxyl groups is 1. The van der Waals surface area contributed by atoms with Crippen LogP contribution < -0.4 is 14.8 Å². The first-order valence-corrected chi connectivity index (χ1v) is 8.06. The maximum atomic E-state index is 12.3. The summed E-state index contributed by atoms with van der Waals surface area (Å²) in [4.78, 5) is 12.3. The Morgan fingerprint density at radius 1 is 1.19 bits per heavy atom. The van der Waals surface area contributed by atoms with Crippen molar-refractivity contribution in [2.24, 2.45) is 0 Å². The maximum Gasteiger partial charge on any atom is 0.409 e. The van der Waals surface area contributed by atoms with Gasteiger partial charge in [0.2, 0.25) is 0 Å². The predicted molar refractivity (Wildman–Crippen MR) is 92.9 cm³/mol. The normalized spacial score (nSPS) is 16.4. The van der Waals surface area contributed by atoms with Crippen molar-refractivity contribution in [1.82, 2.24) is 0 Å². The van der Waals surface area contributed by atoms with Gasteiger partial charge in [0.1, 0.15) is 6.61 Å². The Morgan fingerprint density at radius 3 is 2.59 bits per heavy atom. The molecule has 0 aromatic heterocycles. The molecule has 0 saturated carbocycles. The van der Waals surface area contributed by atoms with Gasteiger partial charge in [0.15, 0.2) is 17.6 Å². The van der Waals surface area contributed by atoms with Gasteiger partial charge in [-0.05, 0) is 29.8 Å². The molecule has 0 aliphatic carbocycles. The fraction of sp³-hybridized carbons (Fsp3) is 0.211. The van der Waals surface area contributed by atoms with Gasteiger partial charge in [-0.2, -0.15) is 13.2 Å². The quantitative estimate of drug-likeness (QED) is 0.851. The summed E-state index contributed by atoms with van der Waals surface area (Å²) < 4.78 is 47.5. The summed E-state index contributed by atoms with van der Waals surface area (Å²) in [5.41, 5.74) is 1.11. The number of hydrogen-bond donors (Lipinski definition) is 2. The highest BCUT2D eigenvalue weighted by molar-refractivity contribution is 6.04. The largest absolute Gasteiger partial charge is 0.486 e. The van der Waals surface area contributed by atoms with Crippen molar-refractivity contribution in [1.29, 1.82) is 0 Å². The van der Waals surface area contributed by atoms with E-state index in [9.17, 15) is 18.0 Å². The van der Waals surface area contributed by atoms with E-state index in [1.807, 2.05) is 0 Å². The smallest absolute Gasteiger partial charge is 0.409 e. The van der Waals surface area contributed by atoms with E-state index in [2.05, 4.69) is 5.32 Å². The first-order chi connectivity index (χ1) is 12.8. The van der Waals surface area contributed by atoms with E-state index >= 15 is 0 Å². The molecule has 0 spiro atoms. The minimum absolute atomic E-state index is 0.138. The highest BCUT2D eigenvalue weighted by Gasteiger charge is 2.22. The second-order valence-corrected chi connectivity index (χ2v) is 5.85.